The van der Waals surface area contributed by atoms with E-state index >= 15 is 0 Å². The van der Waals surface area contributed by atoms with Gasteiger partial charge in [-0.15, -0.1) is 0 Å². The van der Waals surface area contributed by atoms with E-state index in [1.165, 1.54) is 6.20 Å². The Morgan fingerprint density at radius 3 is 2.59 bits per heavy atom. The summed E-state index contributed by atoms with van der Waals surface area (Å²) in [5.41, 5.74) is 6.31. The van der Waals surface area contributed by atoms with Crippen LogP contribution in [0, 0.1) is 0 Å². The maximum Gasteiger partial charge on any atom is 0.303 e. The molecule has 0 aliphatic rings. The SMILES string of the molecule is N[C@@H](CCC(=O)O)C(=O)NCC(=O)Nc1ccccc1C(=O)c1cc(Br)ccn1. The number of halogens is 1. The highest BCUT2D eigenvalue weighted by Gasteiger charge is 2.18. The van der Waals surface area contributed by atoms with Crippen LogP contribution in [0.4, 0.5) is 5.69 Å². The fourth-order valence-corrected chi connectivity index (χ4v) is 2.70. The molecule has 2 aromatic rings. The van der Waals surface area contributed by atoms with Crippen molar-refractivity contribution < 1.29 is 24.3 Å². The van der Waals surface area contributed by atoms with E-state index in [4.69, 9.17) is 10.8 Å². The minimum Gasteiger partial charge on any atom is -0.481 e. The van der Waals surface area contributed by atoms with E-state index < -0.39 is 23.8 Å². The number of nitrogens with two attached hydrogens (primary N) is 1. The maximum absolute atomic E-state index is 12.7. The zero-order chi connectivity index (χ0) is 21.4. The van der Waals surface area contributed by atoms with Crippen LogP contribution in [0.5, 0.6) is 0 Å². The van der Waals surface area contributed by atoms with Gasteiger partial charge in [-0.1, -0.05) is 28.1 Å². The van der Waals surface area contributed by atoms with Crippen molar-refractivity contribution in [1.82, 2.24) is 10.3 Å². The molecule has 0 fully saturated rings. The number of para-hydroxylation sites is 1. The first-order chi connectivity index (χ1) is 13.8. The molecule has 0 bridgehead atoms. The van der Waals surface area contributed by atoms with E-state index in [2.05, 4.69) is 31.5 Å². The molecule has 1 aromatic carbocycles. The average molecular weight is 463 g/mol. The molecule has 0 aliphatic heterocycles. The summed E-state index contributed by atoms with van der Waals surface area (Å²) in [5, 5.41) is 13.5. The molecule has 29 heavy (non-hydrogen) atoms. The van der Waals surface area contributed by atoms with Crippen LogP contribution in [0.1, 0.15) is 28.9 Å². The summed E-state index contributed by atoms with van der Waals surface area (Å²) < 4.78 is 0.694. The van der Waals surface area contributed by atoms with Crippen LogP contribution in [0.25, 0.3) is 0 Å². The predicted molar refractivity (Wildman–Crippen MR) is 108 cm³/mol. The summed E-state index contributed by atoms with van der Waals surface area (Å²) in [7, 11) is 0. The third-order valence-corrected chi connectivity index (χ3v) is 4.32. The number of carbonyl (C=O) groups excluding carboxylic acids is 3. The zero-order valence-corrected chi connectivity index (χ0v) is 16.8. The normalized spacial score (nSPS) is 11.4. The molecule has 0 unspecified atom stereocenters. The van der Waals surface area contributed by atoms with Crippen molar-refractivity contribution >= 4 is 45.2 Å². The summed E-state index contributed by atoms with van der Waals surface area (Å²) in [6.45, 7) is -0.378. The van der Waals surface area contributed by atoms with E-state index in [-0.39, 0.29) is 42.1 Å². The minimum atomic E-state index is -1.06. The lowest BCUT2D eigenvalue weighted by Gasteiger charge is -2.13. The van der Waals surface area contributed by atoms with Gasteiger partial charge in [0.25, 0.3) is 0 Å². The molecule has 1 aromatic heterocycles. The third-order valence-electron chi connectivity index (χ3n) is 3.83. The maximum atomic E-state index is 12.7. The number of carboxylic acid groups (broad SMARTS) is 1. The number of hydrogen-bond donors (Lipinski definition) is 4. The van der Waals surface area contributed by atoms with Gasteiger partial charge in [0.05, 0.1) is 18.3 Å². The monoisotopic (exact) mass is 462 g/mol. The number of hydrogen-bond acceptors (Lipinski definition) is 6. The van der Waals surface area contributed by atoms with Gasteiger partial charge in [-0.25, -0.2) is 0 Å². The molecule has 1 heterocycles. The number of nitrogens with zero attached hydrogens (tertiary/aromatic N) is 1. The number of ketones is 1. The molecule has 9 nitrogen and oxygen atoms in total. The Kier molecular flexibility index (Phi) is 7.98. The summed E-state index contributed by atoms with van der Waals surface area (Å²) in [4.78, 5) is 51.3. The summed E-state index contributed by atoms with van der Waals surface area (Å²) in [6.07, 6.45) is 1.20. The Hall–Kier alpha value is -3.11. The topological polar surface area (TPSA) is 151 Å². The lowest BCUT2D eigenvalue weighted by molar-refractivity contribution is -0.137. The van der Waals surface area contributed by atoms with Crippen LogP contribution in [-0.2, 0) is 14.4 Å². The number of carboxylic acids is 1. The van der Waals surface area contributed by atoms with Crippen molar-refractivity contribution in [3.63, 3.8) is 0 Å². The van der Waals surface area contributed by atoms with Crippen LogP contribution in [0.15, 0.2) is 47.1 Å². The molecule has 0 saturated carbocycles. The lowest BCUT2D eigenvalue weighted by atomic mass is 10.1. The van der Waals surface area contributed by atoms with Crippen molar-refractivity contribution in [2.45, 2.75) is 18.9 Å². The number of nitrogens with one attached hydrogen (secondary N) is 2. The first kappa shape index (κ1) is 22.2. The Morgan fingerprint density at radius 2 is 1.90 bits per heavy atom. The van der Waals surface area contributed by atoms with E-state index in [1.54, 1.807) is 36.4 Å². The Labute approximate surface area is 174 Å². The van der Waals surface area contributed by atoms with E-state index in [1.807, 2.05) is 0 Å². The molecule has 152 valence electrons. The first-order valence-electron chi connectivity index (χ1n) is 8.58. The molecule has 5 N–H and O–H groups in total. The van der Waals surface area contributed by atoms with Gasteiger partial charge in [0.1, 0.15) is 5.69 Å². The van der Waals surface area contributed by atoms with Crippen molar-refractivity contribution in [2.24, 2.45) is 5.73 Å². The molecule has 0 spiro atoms. The zero-order valence-electron chi connectivity index (χ0n) is 15.2. The molecule has 10 heteroatoms. The van der Waals surface area contributed by atoms with Crippen LogP contribution in [0.3, 0.4) is 0 Å². The Bertz CT molecular complexity index is 934. The quantitative estimate of drug-likeness (QED) is 0.410. The largest absolute Gasteiger partial charge is 0.481 e. The molecular weight excluding hydrogens is 444 g/mol. The highest BCUT2D eigenvalue weighted by atomic mass is 79.9. The summed E-state index contributed by atoms with van der Waals surface area (Å²) >= 11 is 3.28. The second kappa shape index (κ2) is 10.4. The van der Waals surface area contributed by atoms with Gasteiger partial charge in [0, 0.05) is 22.7 Å². The number of anilines is 1. The standard InChI is InChI=1S/C19H19BrN4O5/c20-11-7-8-22-15(9-11)18(28)12-3-1-2-4-14(12)24-16(25)10-23-19(29)13(21)5-6-17(26)27/h1-4,7-9,13H,5-6,10,21H2,(H,23,29)(H,24,25)(H,26,27)/t13-/m0/s1. The van der Waals surface area contributed by atoms with Crippen LogP contribution in [0.2, 0.25) is 0 Å². The third kappa shape index (κ3) is 6.77. The number of amides is 2. The highest BCUT2D eigenvalue weighted by Crippen LogP contribution is 2.20. The Balaban J connectivity index is 2.00. The van der Waals surface area contributed by atoms with Crippen molar-refractivity contribution in [3.05, 3.63) is 58.3 Å². The van der Waals surface area contributed by atoms with Gasteiger partial charge in [0.15, 0.2) is 0 Å². The fraction of sp³-hybridized carbons (Fsp3) is 0.211. The average Bonchev–Trinajstić information content (AvgIpc) is 2.70. The van der Waals surface area contributed by atoms with Crippen molar-refractivity contribution in [3.8, 4) is 0 Å². The number of benzene rings is 1. The van der Waals surface area contributed by atoms with Gasteiger partial charge >= 0.3 is 5.97 Å². The number of aromatic nitrogens is 1. The van der Waals surface area contributed by atoms with Gasteiger partial charge in [-0.3, -0.25) is 24.2 Å². The van der Waals surface area contributed by atoms with E-state index in [9.17, 15) is 19.2 Å². The number of aliphatic carboxylic acids is 1. The molecule has 0 aliphatic carbocycles. The molecule has 2 rings (SSSR count). The van der Waals surface area contributed by atoms with Crippen LogP contribution >= 0.6 is 15.9 Å². The summed E-state index contributed by atoms with van der Waals surface area (Å²) in [5.74, 6) is -2.63. The van der Waals surface area contributed by atoms with E-state index in [0.717, 1.165) is 0 Å². The molecule has 0 radical (unpaired) electrons. The highest BCUT2D eigenvalue weighted by molar-refractivity contribution is 9.10. The number of rotatable bonds is 9. The van der Waals surface area contributed by atoms with Crippen molar-refractivity contribution in [2.75, 3.05) is 11.9 Å². The predicted octanol–water partition coefficient (Wildman–Crippen LogP) is 1.32. The number of pyridine rings is 1. The molecular formula is C19H19BrN4O5. The van der Waals surface area contributed by atoms with Crippen LogP contribution < -0.4 is 16.4 Å². The molecule has 2 amide bonds. The van der Waals surface area contributed by atoms with Crippen molar-refractivity contribution in [1.29, 1.82) is 0 Å². The van der Waals surface area contributed by atoms with Gasteiger partial charge in [-0.05, 0) is 30.7 Å². The van der Waals surface area contributed by atoms with Crippen LogP contribution in [-0.4, -0.2) is 46.2 Å². The minimum absolute atomic E-state index is 0.0419. The summed E-state index contributed by atoms with van der Waals surface area (Å²) in [6, 6.07) is 8.65. The van der Waals surface area contributed by atoms with Gasteiger partial charge < -0.3 is 21.5 Å². The smallest absolute Gasteiger partial charge is 0.303 e. The second-order valence-corrected chi connectivity index (χ2v) is 6.95. The molecule has 1 atom stereocenters. The second-order valence-electron chi connectivity index (χ2n) is 6.04. The lowest BCUT2D eigenvalue weighted by Crippen LogP contribution is -2.43. The first-order valence-corrected chi connectivity index (χ1v) is 9.37. The fourth-order valence-electron chi connectivity index (χ4n) is 2.36. The van der Waals surface area contributed by atoms with Gasteiger partial charge in [0.2, 0.25) is 17.6 Å². The van der Waals surface area contributed by atoms with Gasteiger partial charge in [-0.2, -0.15) is 0 Å². The number of carbonyl (C=O) groups is 4. The molecule has 0 saturated heterocycles. The van der Waals surface area contributed by atoms with E-state index in [0.29, 0.717) is 4.47 Å². The Morgan fingerprint density at radius 1 is 1.17 bits per heavy atom.